The minimum atomic E-state index is -0.225. The first-order chi connectivity index (χ1) is 20.4. The van der Waals surface area contributed by atoms with Gasteiger partial charge < -0.3 is 15.0 Å². The molecular weight excluding hydrogens is 544 g/mol. The summed E-state index contributed by atoms with van der Waals surface area (Å²) in [4.78, 5) is 18.3. The Morgan fingerprint density at radius 2 is 2.19 bits per heavy atom. The van der Waals surface area contributed by atoms with Crippen LogP contribution < -0.4 is 16.0 Å². The average Bonchev–Trinajstić information content (AvgIpc) is 3.00. The Hall–Kier alpha value is -1.93. The fourth-order valence-electron chi connectivity index (χ4n) is 7.73. The number of hydrogen-bond acceptors (Lipinski definition) is 8. The first-order valence-corrected chi connectivity index (χ1v) is 16.8. The summed E-state index contributed by atoms with van der Waals surface area (Å²) in [5.41, 5.74) is 1.49. The number of thioether (sulfide) groups is 1. The highest BCUT2D eigenvalue weighted by Gasteiger charge is 2.52. The molecule has 230 valence electrons. The molecule has 1 aromatic carbocycles. The van der Waals surface area contributed by atoms with Crippen molar-refractivity contribution in [3.63, 3.8) is 0 Å². The summed E-state index contributed by atoms with van der Waals surface area (Å²) in [6.45, 7) is 12.2. The van der Waals surface area contributed by atoms with Gasteiger partial charge in [0, 0.05) is 41.2 Å². The monoisotopic (exact) mass is 594 g/mol. The third kappa shape index (κ3) is 6.90. The van der Waals surface area contributed by atoms with Crippen LogP contribution in [0.4, 0.5) is 0 Å². The Kier molecular flexibility index (Phi) is 10.7. The van der Waals surface area contributed by atoms with Gasteiger partial charge in [0.2, 0.25) is 5.91 Å². The molecule has 9 heteroatoms. The molecule has 0 radical (unpaired) electrons. The van der Waals surface area contributed by atoms with Gasteiger partial charge in [0.15, 0.2) is 6.35 Å². The second-order valence-corrected chi connectivity index (χ2v) is 14.4. The fraction of sp³-hybridized carbons (Fsp3) is 0.697. The molecule has 3 heterocycles. The van der Waals surface area contributed by atoms with Gasteiger partial charge in [-0.1, -0.05) is 38.6 Å². The number of nitrogens with one attached hydrogen (secondary N) is 3. The van der Waals surface area contributed by atoms with Crippen LogP contribution in [0.15, 0.2) is 41.8 Å². The molecule has 1 saturated carbocycles. The quantitative estimate of drug-likeness (QED) is 0.277. The van der Waals surface area contributed by atoms with Gasteiger partial charge in [0.05, 0.1) is 31.3 Å². The van der Waals surface area contributed by atoms with Gasteiger partial charge in [-0.25, -0.2) is 0 Å². The lowest BCUT2D eigenvalue weighted by atomic mass is 9.69. The Bertz CT molecular complexity index is 1130. The van der Waals surface area contributed by atoms with Crippen molar-refractivity contribution in [3.8, 4) is 6.07 Å². The van der Waals surface area contributed by atoms with Crippen LogP contribution in [0.1, 0.15) is 57.9 Å². The van der Waals surface area contributed by atoms with Gasteiger partial charge in [-0.15, -0.1) is 11.8 Å². The van der Waals surface area contributed by atoms with Crippen LogP contribution in [0.5, 0.6) is 0 Å². The number of amides is 1. The normalized spacial score (nSPS) is 33.8. The van der Waals surface area contributed by atoms with Gasteiger partial charge in [-0.05, 0) is 81.7 Å². The van der Waals surface area contributed by atoms with Crippen molar-refractivity contribution in [2.75, 3.05) is 39.8 Å². The highest BCUT2D eigenvalue weighted by molar-refractivity contribution is 8.00. The molecule has 1 spiro atoms. The van der Waals surface area contributed by atoms with Crippen LogP contribution in [0.25, 0.3) is 0 Å². The molecule has 5 rings (SSSR count). The predicted molar refractivity (Wildman–Crippen MR) is 169 cm³/mol. The Balaban J connectivity index is 1.34. The van der Waals surface area contributed by atoms with E-state index in [2.05, 4.69) is 83.4 Å². The molecule has 2 saturated heterocycles. The zero-order valence-corrected chi connectivity index (χ0v) is 26.5. The van der Waals surface area contributed by atoms with E-state index in [0.717, 1.165) is 45.2 Å². The Morgan fingerprint density at radius 3 is 2.98 bits per heavy atom. The first-order valence-electron chi connectivity index (χ1n) is 16.0. The van der Waals surface area contributed by atoms with Crippen molar-refractivity contribution in [3.05, 3.63) is 42.5 Å². The predicted octanol–water partition coefficient (Wildman–Crippen LogP) is 3.95. The third-order valence-electron chi connectivity index (χ3n) is 10.1. The zero-order valence-electron chi connectivity index (χ0n) is 25.7. The van der Waals surface area contributed by atoms with Crippen LogP contribution in [-0.2, 0) is 16.0 Å². The van der Waals surface area contributed by atoms with Crippen LogP contribution >= 0.6 is 11.8 Å². The van der Waals surface area contributed by atoms with Crippen molar-refractivity contribution in [1.82, 2.24) is 25.8 Å². The summed E-state index contributed by atoms with van der Waals surface area (Å²) < 4.78 is 6.77. The summed E-state index contributed by atoms with van der Waals surface area (Å²) in [7, 11) is 2.00. The van der Waals surface area contributed by atoms with E-state index in [-0.39, 0.29) is 29.2 Å². The smallest absolute Gasteiger partial charge is 0.246 e. The number of piperazine rings is 1. The van der Waals surface area contributed by atoms with Crippen molar-refractivity contribution in [2.45, 2.75) is 93.0 Å². The average molecular weight is 595 g/mol. The van der Waals surface area contributed by atoms with Gasteiger partial charge in [-0.2, -0.15) is 5.26 Å². The number of fused-ring (bicyclic) bond motifs is 2. The summed E-state index contributed by atoms with van der Waals surface area (Å²) in [6.07, 6.45) is 8.48. The van der Waals surface area contributed by atoms with E-state index in [4.69, 9.17) is 4.74 Å². The lowest BCUT2D eigenvalue weighted by Gasteiger charge is -2.57. The number of carbonyl (C=O) groups excluding carboxylic acids is 1. The summed E-state index contributed by atoms with van der Waals surface area (Å²) >= 11 is 2.11. The Labute approximate surface area is 257 Å². The summed E-state index contributed by atoms with van der Waals surface area (Å²) in [6, 6.07) is 11.5. The molecule has 1 amide bonds. The minimum absolute atomic E-state index is 0.0808. The standard InChI is InChI=1S/C33H50N6O2S/c1-5-30(40)39-18-17-38(21-26(39)13-15-34)31-27-12-14-33(24(3)19-25-10-6-7-11-29(25)42-33)20-28(27)36-32(37-31)41-22-23(2)9-8-16-35-4/h5-7,10-11,23-24,26-28,31-32,35-37H,1,8-9,12-14,16-22H2,2-4H3/t23?,24?,26?,27?,28?,31?,32?,33-/m0/s1. The molecule has 1 aromatic rings. The summed E-state index contributed by atoms with van der Waals surface area (Å²) in [5, 5.41) is 20.6. The molecule has 3 N–H and O–H groups in total. The molecular formula is C33H50N6O2S. The highest BCUT2D eigenvalue weighted by atomic mass is 32.2. The van der Waals surface area contributed by atoms with E-state index in [9.17, 15) is 10.1 Å². The Morgan fingerprint density at radius 1 is 1.36 bits per heavy atom. The highest BCUT2D eigenvalue weighted by Crippen LogP contribution is 2.55. The molecule has 8 atom stereocenters. The number of benzene rings is 1. The van der Waals surface area contributed by atoms with Crippen LogP contribution in [-0.4, -0.2) is 84.9 Å². The number of nitriles is 1. The number of ether oxygens (including phenoxy) is 1. The third-order valence-corrected chi connectivity index (χ3v) is 11.9. The topological polar surface area (TPSA) is 92.7 Å². The van der Waals surface area contributed by atoms with Crippen LogP contribution in [0.3, 0.4) is 0 Å². The fourth-order valence-corrected chi connectivity index (χ4v) is 9.36. The number of rotatable bonds is 10. The molecule has 1 aliphatic carbocycles. The van der Waals surface area contributed by atoms with Gasteiger partial charge in [-0.3, -0.25) is 20.3 Å². The van der Waals surface area contributed by atoms with E-state index in [0.29, 0.717) is 49.9 Å². The number of carbonyl (C=O) groups is 1. The van der Waals surface area contributed by atoms with Crippen molar-refractivity contribution >= 4 is 17.7 Å². The lowest BCUT2D eigenvalue weighted by molar-refractivity contribution is -0.135. The molecule has 8 nitrogen and oxygen atoms in total. The number of nitrogens with zero attached hydrogens (tertiary/aromatic N) is 3. The van der Waals surface area contributed by atoms with E-state index >= 15 is 0 Å². The molecule has 4 aliphatic rings. The van der Waals surface area contributed by atoms with E-state index in [1.54, 1.807) is 0 Å². The number of hydrogen-bond donors (Lipinski definition) is 3. The molecule has 7 unspecified atom stereocenters. The van der Waals surface area contributed by atoms with E-state index in [1.807, 2.05) is 11.9 Å². The second-order valence-electron chi connectivity index (χ2n) is 13.0. The lowest BCUT2D eigenvalue weighted by Crippen LogP contribution is -2.73. The van der Waals surface area contributed by atoms with Gasteiger partial charge in [0.1, 0.15) is 0 Å². The minimum Gasteiger partial charge on any atom is -0.350 e. The molecule has 3 fully saturated rings. The van der Waals surface area contributed by atoms with Crippen LogP contribution in [0, 0.1) is 29.1 Å². The van der Waals surface area contributed by atoms with E-state index < -0.39 is 0 Å². The second kappa shape index (κ2) is 14.2. The maximum absolute atomic E-state index is 12.6. The van der Waals surface area contributed by atoms with Gasteiger partial charge in [0.25, 0.3) is 0 Å². The zero-order chi connectivity index (χ0) is 29.7. The van der Waals surface area contributed by atoms with Gasteiger partial charge >= 0.3 is 0 Å². The molecule has 3 aliphatic heterocycles. The maximum atomic E-state index is 12.6. The van der Waals surface area contributed by atoms with Crippen LogP contribution in [0.2, 0.25) is 0 Å². The summed E-state index contributed by atoms with van der Waals surface area (Å²) in [5.74, 6) is 1.43. The largest absolute Gasteiger partial charge is 0.350 e. The molecule has 42 heavy (non-hydrogen) atoms. The van der Waals surface area contributed by atoms with Crippen molar-refractivity contribution in [1.29, 1.82) is 5.26 Å². The SMILES string of the molecule is C=CC(=O)N1CCN(C2NC(OCC(C)CCCNC)NC3C[C@]4(CCC32)Sc2ccccc2CC4C)CC1CC#N. The van der Waals surface area contributed by atoms with Crippen molar-refractivity contribution in [2.24, 2.45) is 17.8 Å². The first kappa shape index (κ1) is 31.5. The van der Waals surface area contributed by atoms with Crippen molar-refractivity contribution < 1.29 is 9.53 Å². The molecule has 0 bridgehead atoms. The van der Waals surface area contributed by atoms with E-state index in [1.165, 1.54) is 23.0 Å². The molecule has 0 aromatic heterocycles. The maximum Gasteiger partial charge on any atom is 0.246 e.